The van der Waals surface area contributed by atoms with E-state index in [0.29, 0.717) is 12.1 Å². The average Bonchev–Trinajstić information content (AvgIpc) is 2.39. The molecule has 0 bridgehead atoms. The van der Waals surface area contributed by atoms with Gasteiger partial charge in [-0.1, -0.05) is 37.2 Å². The molecule has 4 N–H and O–H groups in total. The van der Waals surface area contributed by atoms with E-state index < -0.39 is 0 Å². The first-order valence-electron chi connectivity index (χ1n) is 6.39. The Bertz CT molecular complexity index is 432. The summed E-state index contributed by atoms with van der Waals surface area (Å²) in [5, 5.41) is 14.9. The number of benzene rings is 1. The van der Waals surface area contributed by atoms with Crippen molar-refractivity contribution in [1.29, 1.82) is 0 Å². The van der Waals surface area contributed by atoms with Crippen molar-refractivity contribution in [2.75, 3.05) is 6.54 Å². The molecule has 0 aliphatic rings. The van der Waals surface area contributed by atoms with Crippen LogP contribution in [-0.2, 0) is 6.54 Å². The maximum absolute atomic E-state index is 13.3. The van der Waals surface area contributed by atoms with Crippen molar-refractivity contribution in [3.8, 4) is 0 Å². The van der Waals surface area contributed by atoms with Gasteiger partial charge in [-0.3, -0.25) is 0 Å². The van der Waals surface area contributed by atoms with Crippen LogP contribution in [-0.4, -0.2) is 17.6 Å². The van der Waals surface area contributed by atoms with E-state index in [1.807, 2.05) is 19.9 Å². The van der Waals surface area contributed by atoms with Crippen molar-refractivity contribution >= 4 is 5.84 Å². The molecule has 1 aromatic carbocycles. The third-order valence-electron chi connectivity index (χ3n) is 3.23. The molecule has 4 nitrogen and oxygen atoms in total. The van der Waals surface area contributed by atoms with Gasteiger partial charge in [0, 0.05) is 17.5 Å². The van der Waals surface area contributed by atoms with Crippen molar-refractivity contribution in [1.82, 2.24) is 5.32 Å². The molecule has 0 aliphatic heterocycles. The van der Waals surface area contributed by atoms with Gasteiger partial charge in [0.2, 0.25) is 0 Å². The molecular weight excluding hydrogens is 245 g/mol. The Morgan fingerprint density at radius 1 is 1.42 bits per heavy atom. The Kier molecular flexibility index (Phi) is 5.76. The fourth-order valence-electron chi connectivity index (χ4n) is 1.78. The van der Waals surface area contributed by atoms with Crippen LogP contribution in [0.15, 0.2) is 29.4 Å². The van der Waals surface area contributed by atoms with E-state index in [1.165, 1.54) is 6.07 Å². The molecule has 0 heterocycles. The zero-order valence-electron chi connectivity index (χ0n) is 11.5. The Morgan fingerprint density at radius 2 is 2.11 bits per heavy atom. The summed E-state index contributed by atoms with van der Waals surface area (Å²) in [5.74, 6) is 0.0496. The smallest absolute Gasteiger partial charge is 0.144 e. The lowest BCUT2D eigenvalue weighted by molar-refractivity contribution is 0.304. The third kappa shape index (κ3) is 4.87. The van der Waals surface area contributed by atoms with Gasteiger partial charge in [0.25, 0.3) is 0 Å². The van der Waals surface area contributed by atoms with Gasteiger partial charge >= 0.3 is 0 Å². The largest absolute Gasteiger partial charge is 0.409 e. The fraction of sp³-hybridized carbons (Fsp3) is 0.500. The summed E-state index contributed by atoms with van der Waals surface area (Å²) in [7, 11) is 0. The molecule has 0 saturated carbocycles. The summed E-state index contributed by atoms with van der Waals surface area (Å²) < 4.78 is 13.3. The second-order valence-electron chi connectivity index (χ2n) is 5.24. The van der Waals surface area contributed by atoms with E-state index in [-0.39, 0.29) is 17.1 Å². The SMILES string of the molecule is CC(C)(CCCNCc1ccccc1F)C(N)=NO. The molecule has 106 valence electrons. The predicted molar refractivity (Wildman–Crippen MR) is 74.5 cm³/mol. The van der Waals surface area contributed by atoms with Crippen LogP contribution in [0, 0.1) is 11.2 Å². The molecule has 5 heteroatoms. The third-order valence-corrected chi connectivity index (χ3v) is 3.23. The first kappa shape index (κ1) is 15.4. The van der Waals surface area contributed by atoms with Crippen LogP contribution in [0.5, 0.6) is 0 Å². The number of nitrogens with one attached hydrogen (secondary N) is 1. The molecule has 0 fully saturated rings. The second kappa shape index (κ2) is 7.09. The van der Waals surface area contributed by atoms with Crippen molar-refractivity contribution in [2.45, 2.75) is 33.2 Å². The van der Waals surface area contributed by atoms with Crippen LogP contribution < -0.4 is 11.1 Å². The Labute approximate surface area is 113 Å². The van der Waals surface area contributed by atoms with Gasteiger partial charge in [0.1, 0.15) is 11.7 Å². The minimum absolute atomic E-state index is 0.188. The van der Waals surface area contributed by atoms with Gasteiger partial charge in [-0.2, -0.15) is 0 Å². The number of hydrogen-bond acceptors (Lipinski definition) is 3. The molecule has 0 atom stereocenters. The standard InChI is InChI=1S/C14H22FN3O/c1-14(2,13(16)18-19)8-5-9-17-10-11-6-3-4-7-12(11)15/h3-4,6-7,17,19H,5,8-10H2,1-2H3,(H2,16,18). The minimum atomic E-state index is -0.325. The maximum Gasteiger partial charge on any atom is 0.144 e. The van der Waals surface area contributed by atoms with Gasteiger partial charge < -0.3 is 16.3 Å². The first-order valence-corrected chi connectivity index (χ1v) is 6.39. The van der Waals surface area contributed by atoms with Crippen LogP contribution in [0.1, 0.15) is 32.3 Å². The van der Waals surface area contributed by atoms with Crippen LogP contribution >= 0.6 is 0 Å². The summed E-state index contributed by atoms with van der Waals surface area (Å²) in [6.45, 7) is 5.13. The Balaban J connectivity index is 2.27. The molecule has 19 heavy (non-hydrogen) atoms. The lowest BCUT2D eigenvalue weighted by Gasteiger charge is -2.22. The number of oxime groups is 1. The molecule has 0 unspecified atom stereocenters. The summed E-state index contributed by atoms with van der Waals surface area (Å²) in [5.41, 5.74) is 5.95. The topological polar surface area (TPSA) is 70.6 Å². The van der Waals surface area contributed by atoms with Gasteiger partial charge in [-0.05, 0) is 25.5 Å². The molecule has 1 rings (SSSR count). The van der Waals surface area contributed by atoms with Crippen LogP contribution in [0.2, 0.25) is 0 Å². The molecule has 0 aromatic heterocycles. The molecule has 0 saturated heterocycles. The van der Waals surface area contributed by atoms with Gasteiger partial charge in [0.15, 0.2) is 0 Å². The van der Waals surface area contributed by atoms with Crippen LogP contribution in [0.25, 0.3) is 0 Å². The van der Waals surface area contributed by atoms with Gasteiger partial charge in [-0.25, -0.2) is 4.39 Å². The zero-order valence-corrected chi connectivity index (χ0v) is 11.5. The van der Waals surface area contributed by atoms with E-state index in [9.17, 15) is 4.39 Å². The first-order chi connectivity index (χ1) is 8.97. The number of amidine groups is 1. The van der Waals surface area contributed by atoms with Gasteiger partial charge in [-0.15, -0.1) is 0 Å². The molecule has 1 aromatic rings. The summed E-state index contributed by atoms with van der Waals surface area (Å²) in [6.07, 6.45) is 1.67. The number of rotatable bonds is 7. The maximum atomic E-state index is 13.3. The van der Waals surface area contributed by atoms with Gasteiger partial charge in [0.05, 0.1) is 0 Å². The van der Waals surface area contributed by atoms with E-state index >= 15 is 0 Å². The number of hydrogen-bond donors (Lipinski definition) is 3. The van der Waals surface area contributed by atoms with E-state index in [2.05, 4.69) is 10.5 Å². The summed E-state index contributed by atoms with van der Waals surface area (Å²) >= 11 is 0. The van der Waals surface area contributed by atoms with E-state index in [0.717, 1.165) is 19.4 Å². The fourth-order valence-corrected chi connectivity index (χ4v) is 1.78. The Hall–Kier alpha value is -1.62. The molecule has 0 amide bonds. The average molecular weight is 267 g/mol. The Morgan fingerprint density at radius 3 is 2.74 bits per heavy atom. The van der Waals surface area contributed by atoms with Crippen molar-refractivity contribution in [3.05, 3.63) is 35.6 Å². The monoisotopic (exact) mass is 267 g/mol. The molecule has 0 spiro atoms. The molecule has 0 aliphatic carbocycles. The highest BCUT2D eigenvalue weighted by molar-refractivity contribution is 5.85. The van der Waals surface area contributed by atoms with Crippen molar-refractivity contribution in [2.24, 2.45) is 16.3 Å². The van der Waals surface area contributed by atoms with Crippen LogP contribution in [0.4, 0.5) is 4.39 Å². The number of halogens is 1. The number of nitrogens with zero attached hydrogens (tertiary/aromatic N) is 1. The highest BCUT2D eigenvalue weighted by Crippen LogP contribution is 2.21. The zero-order chi connectivity index (χ0) is 14.3. The summed E-state index contributed by atoms with van der Waals surface area (Å²) in [4.78, 5) is 0. The molecular formula is C14H22FN3O. The highest BCUT2D eigenvalue weighted by atomic mass is 19.1. The van der Waals surface area contributed by atoms with Crippen molar-refractivity contribution in [3.63, 3.8) is 0 Å². The highest BCUT2D eigenvalue weighted by Gasteiger charge is 2.22. The van der Waals surface area contributed by atoms with Crippen molar-refractivity contribution < 1.29 is 9.60 Å². The normalized spacial score (nSPS) is 12.7. The summed E-state index contributed by atoms with van der Waals surface area (Å²) in [6, 6.07) is 6.72. The number of nitrogens with two attached hydrogens (primary N) is 1. The van der Waals surface area contributed by atoms with E-state index in [1.54, 1.807) is 12.1 Å². The molecule has 0 radical (unpaired) electrons. The quantitative estimate of drug-likeness (QED) is 0.234. The predicted octanol–water partition coefficient (Wildman–Crippen LogP) is 2.47. The van der Waals surface area contributed by atoms with Crippen LogP contribution in [0.3, 0.4) is 0 Å². The lowest BCUT2D eigenvalue weighted by Crippen LogP contribution is -2.32. The lowest BCUT2D eigenvalue weighted by atomic mass is 9.86. The van der Waals surface area contributed by atoms with E-state index in [4.69, 9.17) is 10.9 Å². The second-order valence-corrected chi connectivity index (χ2v) is 5.24. The minimum Gasteiger partial charge on any atom is -0.409 e.